The van der Waals surface area contributed by atoms with Crippen LogP contribution in [0, 0.1) is 0 Å². The van der Waals surface area contributed by atoms with Gasteiger partial charge in [-0.3, -0.25) is 9.48 Å². The smallest absolute Gasteiger partial charge is 0.251 e. The van der Waals surface area contributed by atoms with Crippen molar-refractivity contribution in [1.82, 2.24) is 9.78 Å². The molecule has 1 rings (SSSR count). The molecule has 1 aromatic rings. The molecule has 0 radical (unpaired) electrons. The van der Waals surface area contributed by atoms with Crippen LogP contribution in [0.1, 0.15) is 20.3 Å². The standard InChI is InChI=1S/C10H15N3O/c1-4-5-8(2)10(14)12-9-6-11-13(3)7-9/h5-7H,4H2,1-3H3,(H,12,14)/b8-5-. The SMILES string of the molecule is CC/C=C(/C)C(=O)Nc1cnn(C)c1. The molecule has 0 bridgehead atoms. The third-order valence-corrected chi connectivity index (χ3v) is 1.83. The zero-order valence-electron chi connectivity index (χ0n) is 8.74. The molecule has 0 fully saturated rings. The topological polar surface area (TPSA) is 46.9 Å². The molecular formula is C10H15N3O. The summed E-state index contributed by atoms with van der Waals surface area (Å²) in [5, 5.41) is 6.71. The van der Waals surface area contributed by atoms with E-state index in [-0.39, 0.29) is 5.91 Å². The van der Waals surface area contributed by atoms with E-state index in [9.17, 15) is 4.79 Å². The van der Waals surface area contributed by atoms with Crippen LogP contribution in [0.2, 0.25) is 0 Å². The molecule has 1 aromatic heterocycles. The highest BCUT2D eigenvalue weighted by Crippen LogP contribution is 2.06. The second-order valence-electron chi connectivity index (χ2n) is 3.15. The molecule has 0 atom stereocenters. The van der Waals surface area contributed by atoms with E-state index in [2.05, 4.69) is 10.4 Å². The van der Waals surface area contributed by atoms with E-state index in [1.54, 1.807) is 24.0 Å². The summed E-state index contributed by atoms with van der Waals surface area (Å²) in [7, 11) is 1.81. The van der Waals surface area contributed by atoms with E-state index in [0.717, 1.165) is 17.7 Å². The average molecular weight is 193 g/mol. The van der Waals surface area contributed by atoms with E-state index in [0.29, 0.717) is 0 Å². The molecule has 4 heteroatoms. The molecule has 0 saturated heterocycles. The third-order valence-electron chi connectivity index (χ3n) is 1.83. The largest absolute Gasteiger partial charge is 0.320 e. The van der Waals surface area contributed by atoms with Crippen LogP contribution in [0.25, 0.3) is 0 Å². The van der Waals surface area contributed by atoms with Gasteiger partial charge in [-0.05, 0) is 13.3 Å². The summed E-state index contributed by atoms with van der Waals surface area (Å²) in [5.74, 6) is -0.0696. The number of carbonyl (C=O) groups excluding carboxylic acids is 1. The lowest BCUT2D eigenvalue weighted by Gasteiger charge is -2.01. The second kappa shape index (κ2) is 4.60. The number of allylic oxidation sites excluding steroid dienone is 1. The van der Waals surface area contributed by atoms with E-state index in [1.807, 2.05) is 20.0 Å². The van der Waals surface area contributed by atoms with Crippen molar-refractivity contribution >= 4 is 11.6 Å². The Labute approximate surface area is 83.6 Å². The Morgan fingerprint density at radius 1 is 1.71 bits per heavy atom. The van der Waals surface area contributed by atoms with Crippen molar-refractivity contribution < 1.29 is 4.79 Å². The number of rotatable bonds is 3. The highest BCUT2D eigenvalue weighted by Gasteiger charge is 2.04. The Hall–Kier alpha value is -1.58. The lowest BCUT2D eigenvalue weighted by molar-refractivity contribution is -0.112. The number of hydrogen-bond donors (Lipinski definition) is 1. The van der Waals surface area contributed by atoms with Gasteiger partial charge in [-0.1, -0.05) is 13.0 Å². The maximum Gasteiger partial charge on any atom is 0.251 e. The first-order chi connectivity index (χ1) is 6.63. The molecular weight excluding hydrogens is 178 g/mol. The molecule has 0 aliphatic rings. The molecule has 1 amide bonds. The van der Waals surface area contributed by atoms with Crippen LogP contribution in [0.5, 0.6) is 0 Å². The Morgan fingerprint density at radius 3 is 2.93 bits per heavy atom. The minimum atomic E-state index is -0.0696. The van der Waals surface area contributed by atoms with Crippen molar-refractivity contribution in [3.8, 4) is 0 Å². The van der Waals surface area contributed by atoms with Crippen LogP contribution >= 0.6 is 0 Å². The van der Waals surface area contributed by atoms with Crippen LogP contribution in [0.3, 0.4) is 0 Å². The summed E-state index contributed by atoms with van der Waals surface area (Å²) in [6, 6.07) is 0. The van der Waals surface area contributed by atoms with Crippen molar-refractivity contribution in [3.05, 3.63) is 24.0 Å². The summed E-state index contributed by atoms with van der Waals surface area (Å²) >= 11 is 0. The molecule has 0 aliphatic heterocycles. The monoisotopic (exact) mass is 193 g/mol. The van der Waals surface area contributed by atoms with Gasteiger partial charge in [-0.25, -0.2) is 0 Å². The van der Waals surface area contributed by atoms with Gasteiger partial charge in [0.15, 0.2) is 0 Å². The van der Waals surface area contributed by atoms with Crippen LogP contribution in [-0.4, -0.2) is 15.7 Å². The van der Waals surface area contributed by atoms with E-state index in [1.165, 1.54) is 0 Å². The normalized spacial score (nSPS) is 11.5. The maximum absolute atomic E-state index is 11.5. The van der Waals surface area contributed by atoms with E-state index in [4.69, 9.17) is 0 Å². The Kier molecular flexibility index (Phi) is 3.45. The molecule has 0 saturated carbocycles. The van der Waals surface area contributed by atoms with Gasteiger partial charge in [0.05, 0.1) is 11.9 Å². The van der Waals surface area contributed by atoms with Crippen molar-refractivity contribution in [2.45, 2.75) is 20.3 Å². The van der Waals surface area contributed by atoms with Crippen molar-refractivity contribution in [2.24, 2.45) is 7.05 Å². The molecule has 0 spiro atoms. The van der Waals surface area contributed by atoms with Gasteiger partial charge in [0.25, 0.3) is 5.91 Å². The lowest BCUT2D eigenvalue weighted by atomic mass is 10.2. The highest BCUT2D eigenvalue weighted by atomic mass is 16.1. The number of aromatic nitrogens is 2. The quantitative estimate of drug-likeness (QED) is 0.743. The van der Waals surface area contributed by atoms with Crippen LogP contribution < -0.4 is 5.32 Å². The maximum atomic E-state index is 11.5. The predicted octanol–water partition coefficient (Wildman–Crippen LogP) is 1.71. The fraction of sp³-hybridized carbons (Fsp3) is 0.400. The fourth-order valence-corrected chi connectivity index (χ4v) is 1.11. The molecule has 76 valence electrons. The minimum Gasteiger partial charge on any atom is -0.320 e. The number of aryl methyl sites for hydroxylation is 1. The summed E-state index contributed by atoms with van der Waals surface area (Å²) in [5.41, 5.74) is 1.46. The summed E-state index contributed by atoms with van der Waals surface area (Å²) < 4.78 is 1.65. The molecule has 14 heavy (non-hydrogen) atoms. The second-order valence-corrected chi connectivity index (χ2v) is 3.15. The van der Waals surface area contributed by atoms with Gasteiger partial charge < -0.3 is 5.32 Å². The van der Waals surface area contributed by atoms with E-state index < -0.39 is 0 Å². The molecule has 0 aliphatic carbocycles. The van der Waals surface area contributed by atoms with Gasteiger partial charge in [-0.2, -0.15) is 5.10 Å². The summed E-state index contributed by atoms with van der Waals surface area (Å²) in [6.45, 7) is 3.80. The Morgan fingerprint density at radius 2 is 2.43 bits per heavy atom. The zero-order valence-corrected chi connectivity index (χ0v) is 8.74. The number of nitrogens with zero attached hydrogens (tertiary/aromatic N) is 2. The molecule has 1 heterocycles. The highest BCUT2D eigenvalue weighted by molar-refractivity contribution is 6.03. The third kappa shape index (κ3) is 2.73. The average Bonchev–Trinajstić information content (AvgIpc) is 2.51. The van der Waals surface area contributed by atoms with Crippen LogP contribution in [0.4, 0.5) is 5.69 Å². The van der Waals surface area contributed by atoms with Gasteiger partial charge in [-0.15, -0.1) is 0 Å². The molecule has 1 N–H and O–H groups in total. The van der Waals surface area contributed by atoms with Crippen molar-refractivity contribution in [3.63, 3.8) is 0 Å². The van der Waals surface area contributed by atoms with Gasteiger partial charge in [0.1, 0.15) is 0 Å². The number of carbonyl (C=O) groups is 1. The Balaban J connectivity index is 2.61. The summed E-state index contributed by atoms with van der Waals surface area (Å²) in [6.07, 6.45) is 6.15. The van der Waals surface area contributed by atoms with Crippen molar-refractivity contribution in [2.75, 3.05) is 5.32 Å². The first-order valence-electron chi connectivity index (χ1n) is 4.60. The minimum absolute atomic E-state index is 0.0696. The van der Waals surface area contributed by atoms with Crippen LogP contribution in [0.15, 0.2) is 24.0 Å². The molecule has 0 unspecified atom stereocenters. The first kappa shape index (κ1) is 10.5. The molecule has 4 nitrogen and oxygen atoms in total. The van der Waals surface area contributed by atoms with Gasteiger partial charge >= 0.3 is 0 Å². The van der Waals surface area contributed by atoms with Gasteiger partial charge in [0, 0.05) is 18.8 Å². The van der Waals surface area contributed by atoms with Crippen LogP contribution in [-0.2, 0) is 11.8 Å². The number of nitrogens with one attached hydrogen (secondary N) is 1. The number of hydrogen-bond acceptors (Lipinski definition) is 2. The zero-order chi connectivity index (χ0) is 10.6. The summed E-state index contributed by atoms with van der Waals surface area (Å²) in [4.78, 5) is 11.5. The Bertz CT molecular complexity index is 352. The van der Waals surface area contributed by atoms with Crippen molar-refractivity contribution in [1.29, 1.82) is 0 Å². The van der Waals surface area contributed by atoms with Gasteiger partial charge in [0.2, 0.25) is 0 Å². The number of amides is 1. The first-order valence-corrected chi connectivity index (χ1v) is 4.60. The lowest BCUT2D eigenvalue weighted by Crippen LogP contribution is -2.12. The number of anilines is 1. The van der Waals surface area contributed by atoms with E-state index >= 15 is 0 Å². The fourth-order valence-electron chi connectivity index (χ4n) is 1.11. The predicted molar refractivity (Wildman–Crippen MR) is 55.9 cm³/mol. The molecule has 0 aromatic carbocycles.